The van der Waals surface area contributed by atoms with E-state index >= 15 is 0 Å². The number of benzene rings is 1. The van der Waals surface area contributed by atoms with Crippen molar-refractivity contribution in [2.24, 2.45) is 0 Å². The summed E-state index contributed by atoms with van der Waals surface area (Å²) >= 11 is 0. The summed E-state index contributed by atoms with van der Waals surface area (Å²) in [5.74, 6) is 4.32. The van der Waals surface area contributed by atoms with Crippen LogP contribution in [0, 0.1) is 11.8 Å². The van der Waals surface area contributed by atoms with Gasteiger partial charge in [-0.3, -0.25) is 9.59 Å². The number of nitrogens with one attached hydrogen (secondary N) is 1. The Morgan fingerprint density at radius 2 is 2.18 bits per heavy atom. The SMILES string of the molecule is O=C(O)CC#Cc1cccc2c(=O)cc[nH]c12. The number of aromatic nitrogens is 1. The molecule has 0 radical (unpaired) electrons. The number of hydrogen-bond acceptors (Lipinski definition) is 2. The average molecular weight is 227 g/mol. The Morgan fingerprint density at radius 1 is 1.35 bits per heavy atom. The summed E-state index contributed by atoms with van der Waals surface area (Å²) in [5, 5.41) is 9.04. The van der Waals surface area contributed by atoms with Gasteiger partial charge in [-0.25, -0.2) is 0 Å². The fourth-order valence-electron chi connectivity index (χ4n) is 1.52. The van der Waals surface area contributed by atoms with Gasteiger partial charge in [-0.05, 0) is 12.1 Å². The molecular weight excluding hydrogens is 218 g/mol. The summed E-state index contributed by atoms with van der Waals surface area (Å²) in [6, 6.07) is 6.61. The van der Waals surface area contributed by atoms with E-state index in [2.05, 4.69) is 16.8 Å². The van der Waals surface area contributed by atoms with Crippen LogP contribution in [0.25, 0.3) is 10.9 Å². The molecule has 0 saturated heterocycles. The number of pyridine rings is 1. The van der Waals surface area contributed by atoms with E-state index in [0.29, 0.717) is 16.5 Å². The molecule has 17 heavy (non-hydrogen) atoms. The molecule has 0 fully saturated rings. The third-order valence-corrected chi connectivity index (χ3v) is 2.25. The summed E-state index contributed by atoms with van der Waals surface area (Å²) in [4.78, 5) is 24.8. The van der Waals surface area contributed by atoms with Crippen molar-refractivity contribution in [3.05, 3.63) is 46.2 Å². The molecule has 0 aliphatic carbocycles. The maximum atomic E-state index is 11.6. The number of hydrogen-bond donors (Lipinski definition) is 2. The van der Waals surface area contributed by atoms with Gasteiger partial charge in [-0.1, -0.05) is 17.9 Å². The van der Waals surface area contributed by atoms with Crippen molar-refractivity contribution in [1.82, 2.24) is 4.98 Å². The first-order valence-corrected chi connectivity index (χ1v) is 4.99. The minimum atomic E-state index is -0.966. The summed E-state index contributed by atoms with van der Waals surface area (Å²) in [5.41, 5.74) is 1.18. The van der Waals surface area contributed by atoms with E-state index in [4.69, 9.17) is 5.11 Å². The van der Waals surface area contributed by atoms with E-state index in [0.717, 1.165) is 0 Å². The van der Waals surface area contributed by atoms with Crippen LogP contribution in [0.5, 0.6) is 0 Å². The van der Waals surface area contributed by atoms with Gasteiger partial charge in [0.05, 0.1) is 5.52 Å². The number of H-pyrrole nitrogens is 1. The number of carboxylic acid groups (broad SMARTS) is 1. The summed E-state index contributed by atoms with van der Waals surface area (Å²) < 4.78 is 0. The zero-order valence-electron chi connectivity index (χ0n) is 8.86. The number of aromatic amines is 1. The van der Waals surface area contributed by atoms with Crippen molar-refractivity contribution in [3.63, 3.8) is 0 Å². The van der Waals surface area contributed by atoms with Gasteiger partial charge in [0.25, 0.3) is 0 Å². The average Bonchev–Trinajstić information content (AvgIpc) is 2.30. The zero-order chi connectivity index (χ0) is 12.3. The van der Waals surface area contributed by atoms with Crippen LogP contribution < -0.4 is 5.43 Å². The van der Waals surface area contributed by atoms with E-state index in [1.807, 2.05) is 0 Å². The van der Waals surface area contributed by atoms with Crippen molar-refractivity contribution in [3.8, 4) is 11.8 Å². The van der Waals surface area contributed by atoms with Gasteiger partial charge < -0.3 is 10.1 Å². The fraction of sp³-hybridized carbons (Fsp3) is 0.0769. The molecule has 0 atom stereocenters. The molecule has 0 saturated carbocycles. The van der Waals surface area contributed by atoms with E-state index in [1.165, 1.54) is 6.07 Å². The Morgan fingerprint density at radius 3 is 2.94 bits per heavy atom. The molecule has 4 nitrogen and oxygen atoms in total. The lowest BCUT2D eigenvalue weighted by Gasteiger charge is -1.98. The van der Waals surface area contributed by atoms with Crippen LogP contribution in [-0.4, -0.2) is 16.1 Å². The number of rotatable bonds is 1. The first kappa shape index (κ1) is 11.0. The van der Waals surface area contributed by atoms with Crippen LogP contribution >= 0.6 is 0 Å². The van der Waals surface area contributed by atoms with Gasteiger partial charge in [0.1, 0.15) is 6.42 Å². The first-order valence-electron chi connectivity index (χ1n) is 4.99. The number of aliphatic carboxylic acids is 1. The minimum Gasteiger partial charge on any atom is -0.481 e. The lowest BCUT2D eigenvalue weighted by Crippen LogP contribution is -2.00. The van der Waals surface area contributed by atoms with E-state index in [-0.39, 0.29) is 11.8 Å². The highest BCUT2D eigenvalue weighted by molar-refractivity contribution is 5.84. The Bertz CT molecular complexity index is 689. The number of carboxylic acids is 1. The Hall–Kier alpha value is -2.54. The molecule has 1 aromatic carbocycles. The summed E-state index contributed by atoms with van der Waals surface area (Å²) in [6.07, 6.45) is 1.33. The zero-order valence-corrected chi connectivity index (χ0v) is 8.86. The highest BCUT2D eigenvalue weighted by atomic mass is 16.4. The number of para-hydroxylation sites is 1. The van der Waals surface area contributed by atoms with Crippen LogP contribution in [0.3, 0.4) is 0 Å². The van der Waals surface area contributed by atoms with Gasteiger partial charge in [-0.15, -0.1) is 0 Å². The smallest absolute Gasteiger partial charge is 0.315 e. The van der Waals surface area contributed by atoms with Crippen molar-refractivity contribution < 1.29 is 9.90 Å². The quantitative estimate of drug-likeness (QED) is 0.722. The molecule has 0 aliphatic rings. The second kappa shape index (κ2) is 4.54. The monoisotopic (exact) mass is 227 g/mol. The van der Waals surface area contributed by atoms with E-state index in [1.54, 1.807) is 24.4 Å². The molecule has 1 heterocycles. The van der Waals surface area contributed by atoms with Gasteiger partial charge in [0.2, 0.25) is 0 Å². The predicted octanol–water partition coefficient (Wildman–Crippen LogP) is 1.35. The van der Waals surface area contributed by atoms with Crippen molar-refractivity contribution in [2.45, 2.75) is 6.42 Å². The van der Waals surface area contributed by atoms with Gasteiger partial charge in [0.15, 0.2) is 5.43 Å². The maximum Gasteiger partial charge on any atom is 0.315 e. The van der Waals surface area contributed by atoms with E-state index in [9.17, 15) is 9.59 Å². The number of carbonyl (C=O) groups is 1. The lowest BCUT2D eigenvalue weighted by atomic mass is 10.1. The third-order valence-electron chi connectivity index (χ3n) is 2.25. The standard InChI is InChI=1S/C13H9NO3/c15-11-7-8-14-13-9(3-1-5-10(11)13)4-2-6-12(16)17/h1,3,5,7-8H,6H2,(H,14,15)(H,16,17). The lowest BCUT2D eigenvalue weighted by molar-refractivity contribution is -0.135. The van der Waals surface area contributed by atoms with Gasteiger partial charge >= 0.3 is 5.97 Å². The second-order valence-corrected chi connectivity index (χ2v) is 3.44. The molecule has 2 aromatic rings. The van der Waals surface area contributed by atoms with Crippen LogP contribution in [0.2, 0.25) is 0 Å². The highest BCUT2D eigenvalue weighted by Crippen LogP contribution is 2.11. The van der Waals surface area contributed by atoms with Crippen LogP contribution in [0.4, 0.5) is 0 Å². The molecule has 1 aromatic heterocycles. The molecule has 0 bridgehead atoms. The third kappa shape index (κ3) is 2.34. The number of fused-ring (bicyclic) bond motifs is 1. The molecule has 0 unspecified atom stereocenters. The normalized spacial score (nSPS) is 9.65. The van der Waals surface area contributed by atoms with Crippen LogP contribution in [0.15, 0.2) is 35.3 Å². The minimum absolute atomic E-state index is 0.0827. The summed E-state index contributed by atoms with van der Waals surface area (Å²) in [7, 11) is 0. The maximum absolute atomic E-state index is 11.6. The van der Waals surface area contributed by atoms with Crippen molar-refractivity contribution in [2.75, 3.05) is 0 Å². The molecule has 0 amide bonds. The molecule has 0 spiro atoms. The van der Waals surface area contributed by atoms with Gasteiger partial charge in [-0.2, -0.15) is 0 Å². The molecular formula is C13H9NO3. The van der Waals surface area contributed by atoms with Crippen LogP contribution in [0.1, 0.15) is 12.0 Å². The Balaban J connectivity index is 2.54. The predicted molar refractivity (Wildman–Crippen MR) is 63.7 cm³/mol. The van der Waals surface area contributed by atoms with E-state index < -0.39 is 5.97 Å². The first-order chi connectivity index (χ1) is 8.18. The van der Waals surface area contributed by atoms with Gasteiger partial charge in [0, 0.05) is 23.2 Å². The molecule has 2 N–H and O–H groups in total. The fourth-order valence-corrected chi connectivity index (χ4v) is 1.52. The Kier molecular flexibility index (Phi) is 2.93. The topological polar surface area (TPSA) is 70.2 Å². The molecule has 0 aliphatic heterocycles. The Labute approximate surface area is 96.9 Å². The summed E-state index contributed by atoms with van der Waals surface area (Å²) in [6.45, 7) is 0. The van der Waals surface area contributed by atoms with Crippen molar-refractivity contribution >= 4 is 16.9 Å². The molecule has 84 valence electrons. The van der Waals surface area contributed by atoms with Crippen LogP contribution in [-0.2, 0) is 4.79 Å². The largest absolute Gasteiger partial charge is 0.481 e. The van der Waals surface area contributed by atoms with Crippen molar-refractivity contribution in [1.29, 1.82) is 0 Å². The second-order valence-electron chi connectivity index (χ2n) is 3.44. The molecule has 4 heteroatoms. The highest BCUT2D eigenvalue weighted by Gasteiger charge is 2.00. The molecule has 2 rings (SSSR count).